The van der Waals surface area contributed by atoms with Crippen LogP contribution in [0.25, 0.3) is 0 Å². The highest BCUT2D eigenvalue weighted by molar-refractivity contribution is 5.33. The van der Waals surface area contributed by atoms with E-state index in [0.717, 1.165) is 5.69 Å². The fourth-order valence-electron chi connectivity index (χ4n) is 2.02. The fraction of sp³-hybridized carbons (Fsp3) is 0.267. The highest BCUT2D eigenvalue weighted by Gasteiger charge is 2.14. The van der Waals surface area contributed by atoms with Crippen LogP contribution in [0.5, 0.6) is 0 Å². The predicted molar refractivity (Wildman–Crippen MR) is 71.1 cm³/mol. The maximum absolute atomic E-state index is 4.49. The van der Waals surface area contributed by atoms with Crippen molar-refractivity contribution in [3.05, 3.63) is 65.0 Å². The van der Waals surface area contributed by atoms with E-state index < -0.39 is 0 Å². The van der Waals surface area contributed by atoms with Gasteiger partial charge in [-0.05, 0) is 38.1 Å². The van der Waals surface area contributed by atoms with Gasteiger partial charge in [0.15, 0.2) is 0 Å². The number of hydrogen-bond acceptors (Lipinski definition) is 2. The van der Waals surface area contributed by atoms with Crippen LogP contribution in [0.3, 0.4) is 0 Å². The SMILES string of the molecule is CNC(c1ccc(C)cc1)c1ncccc1C. The molecule has 1 heterocycles. The third-order valence-corrected chi connectivity index (χ3v) is 3.02. The van der Waals surface area contributed by atoms with Crippen LogP contribution in [0.15, 0.2) is 42.6 Å². The molecule has 0 saturated heterocycles. The first-order valence-electron chi connectivity index (χ1n) is 5.87. The van der Waals surface area contributed by atoms with Crippen LogP contribution in [-0.2, 0) is 0 Å². The molecule has 1 aromatic heterocycles. The standard InChI is InChI=1S/C15H18N2/c1-11-6-8-13(9-7-11)15(16-3)14-12(2)5-4-10-17-14/h4-10,15-16H,1-3H3. The van der Waals surface area contributed by atoms with Gasteiger partial charge in [0.05, 0.1) is 11.7 Å². The Bertz CT molecular complexity index is 489. The summed E-state index contributed by atoms with van der Waals surface area (Å²) in [5, 5.41) is 3.33. The number of aromatic nitrogens is 1. The van der Waals surface area contributed by atoms with Gasteiger partial charge in [-0.1, -0.05) is 35.9 Å². The van der Waals surface area contributed by atoms with Gasteiger partial charge in [0, 0.05) is 6.20 Å². The first kappa shape index (κ1) is 11.8. The minimum absolute atomic E-state index is 0.164. The fourth-order valence-corrected chi connectivity index (χ4v) is 2.02. The monoisotopic (exact) mass is 226 g/mol. The molecule has 2 nitrogen and oxygen atoms in total. The summed E-state index contributed by atoms with van der Waals surface area (Å²) >= 11 is 0. The normalized spacial score (nSPS) is 12.4. The number of rotatable bonds is 3. The molecule has 17 heavy (non-hydrogen) atoms. The highest BCUT2D eigenvalue weighted by Crippen LogP contribution is 2.22. The van der Waals surface area contributed by atoms with Crippen LogP contribution >= 0.6 is 0 Å². The Labute approximate surface area is 103 Å². The zero-order valence-electron chi connectivity index (χ0n) is 10.6. The summed E-state index contributed by atoms with van der Waals surface area (Å²) in [5.41, 5.74) is 4.84. The smallest absolute Gasteiger partial charge is 0.0751 e. The van der Waals surface area contributed by atoms with Gasteiger partial charge >= 0.3 is 0 Å². The summed E-state index contributed by atoms with van der Waals surface area (Å²) in [6.45, 7) is 4.20. The molecular formula is C15H18N2. The zero-order chi connectivity index (χ0) is 12.3. The van der Waals surface area contributed by atoms with E-state index in [1.807, 2.05) is 19.3 Å². The molecule has 1 N–H and O–H groups in total. The van der Waals surface area contributed by atoms with Gasteiger partial charge < -0.3 is 5.32 Å². The molecule has 2 aromatic rings. The molecule has 2 rings (SSSR count). The van der Waals surface area contributed by atoms with Gasteiger partial charge in [0.25, 0.3) is 0 Å². The topological polar surface area (TPSA) is 24.9 Å². The molecule has 0 saturated carbocycles. The van der Waals surface area contributed by atoms with Crippen molar-refractivity contribution >= 4 is 0 Å². The van der Waals surface area contributed by atoms with E-state index in [1.54, 1.807) is 0 Å². The van der Waals surface area contributed by atoms with Gasteiger partial charge in [0.1, 0.15) is 0 Å². The molecule has 0 aliphatic heterocycles. The summed E-state index contributed by atoms with van der Waals surface area (Å²) in [5.74, 6) is 0. The second-order valence-electron chi connectivity index (χ2n) is 4.34. The van der Waals surface area contributed by atoms with Crippen LogP contribution in [0.2, 0.25) is 0 Å². The van der Waals surface area contributed by atoms with Crippen LogP contribution in [0.4, 0.5) is 0 Å². The second kappa shape index (κ2) is 5.11. The molecule has 0 bridgehead atoms. The molecule has 1 unspecified atom stereocenters. The number of aryl methyl sites for hydroxylation is 2. The van der Waals surface area contributed by atoms with Crippen molar-refractivity contribution < 1.29 is 0 Å². The average Bonchev–Trinajstić information content (AvgIpc) is 2.35. The Morgan fingerprint density at radius 2 is 1.76 bits per heavy atom. The average molecular weight is 226 g/mol. The number of hydrogen-bond donors (Lipinski definition) is 1. The van der Waals surface area contributed by atoms with E-state index in [2.05, 4.69) is 54.5 Å². The molecule has 0 amide bonds. The maximum atomic E-state index is 4.49. The van der Waals surface area contributed by atoms with Gasteiger partial charge in [0.2, 0.25) is 0 Å². The van der Waals surface area contributed by atoms with Gasteiger partial charge in [-0.2, -0.15) is 0 Å². The van der Waals surface area contributed by atoms with Crippen LogP contribution in [-0.4, -0.2) is 12.0 Å². The van der Waals surface area contributed by atoms with Crippen molar-refractivity contribution in [2.24, 2.45) is 0 Å². The van der Waals surface area contributed by atoms with E-state index in [-0.39, 0.29) is 6.04 Å². The van der Waals surface area contributed by atoms with Crippen molar-refractivity contribution in [1.82, 2.24) is 10.3 Å². The number of nitrogens with zero attached hydrogens (tertiary/aromatic N) is 1. The third kappa shape index (κ3) is 2.53. The quantitative estimate of drug-likeness (QED) is 0.870. The lowest BCUT2D eigenvalue weighted by Crippen LogP contribution is -2.19. The van der Waals surface area contributed by atoms with Crippen molar-refractivity contribution in [2.75, 3.05) is 7.05 Å². The Morgan fingerprint density at radius 3 is 2.35 bits per heavy atom. The summed E-state index contributed by atoms with van der Waals surface area (Å²) in [6, 6.07) is 12.8. The van der Waals surface area contributed by atoms with Crippen LogP contribution in [0, 0.1) is 13.8 Å². The molecule has 88 valence electrons. The summed E-state index contributed by atoms with van der Waals surface area (Å²) in [4.78, 5) is 4.49. The number of nitrogens with one attached hydrogen (secondary N) is 1. The van der Waals surface area contributed by atoms with Gasteiger partial charge in [-0.3, -0.25) is 4.98 Å². The second-order valence-corrected chi connectivity index (χ2v) is 4.34. The Balaban J connectivity index is 2.40. The maximum Gasteiger partial charge on any atom is 0.0751 e. The first-order chi connectivity index (χ1) is 8.22. The lowest BCUT2D eigenvalue weighted by Gasteiger charge is -2.18. The highest BCUT2D eigenvalue weighted by atomic mass is 14.9. The van der Waals surface area contributed by atoms with Crippen LogP contribution < -0.4 is 5.32 Å². The van der Waals surface area contributed by atoms with Crippen molar-refractivity contribution in [1.29, 1.82) is 0 Å². The van der Waals surface area contributed by atoms with Gasteiger partial charge in [-0.15, -0.1) is 0 Å². The van der Waals surface area contributed by atoms with E-state index in [1.165, 1.54) is 16.7 Å². The van der Waals surface area contributed by atoms with Gasteiger partial charge in [-0.25, -0.2) is 0 Å². The molecule has 0 spiro atoms. The lowest BCUT2D eigenvalue weighted by molar-refractivity contribution is 0.666. The Kier molecular flexibility index (Phi) is 3.55. The molecule has 0 aliphatic carbocycles. The largest absolute Gasteiger partial charge is 0.308 e. The molecule has 2 heteroatoms. The van der Waals surface area contributed by atoms with Crippen LogP contribution in [0.1, 0.15) is 28.4 Å². The summed E-state index contributed by atoms with van der Waals surface area (Å²) < 4.78 is 0. The van der Waals surface area contributed by atoms with Crippen molar-refractivity contribution in [3.8, 4) is 0 Å². The van der Waals surface area contributed by atoms with E-state index >= 15 is 0 Å². The van der Waals surface area contributed by atoms with Crippen molar-refractivity contribution in [3.63, 3.8) is 0 Å². The van der Waals surface area contributed by atoms with E-state index in [0.29, 0.717) is 0 Å². The predicted octanol–water partition coefficient (Wildman–Crippen LogP) is 3.01. The molecular weight excluding hydrogens is 208 g/mol. The third-order valence-electron chi connectivity index (χ3n) is 3.02. The molecule has 1 atom stereocenters. The number of benzene rings is 1. The minimum atomic E-state index is 0.164. The molecule has 0 fully saturated rings. The molecule has 0 aliphatic rings. The Hall–Kier alpha value is -1.67. The Morgan fingerprint density at radius 1 is 1.06 bits per heavy atom. The summed E-state index contributed by atoms with van der Waals surface area (Å²) in [7, 11) is 1.97. The summed E-state index contributed by atoms with van der Waals surface area (Å²) in [6.07, 6.45) is 1.85. The first-order valence-corrected chi connectivity index (χ1v) is 5.87. The lowest BCUT2D eigenvalue weighted by atomic mass is 9.99. The zero-order valence-corrected chi connectivity index (χ0v) is 10.6. The minimum Gasteiger partial charge on any atom is -0.308 e. The number of pyridine rings is 1. The molecule has 1 aromatic carbocycles. The van der Waals surface area contributed by atoms with Crippen molar-refractivity contribution in [2.45, 2.75) is 19.9 Å². The van der Waals surface area contributed by atoms with E-state index in [9.17, 15) is 0 Å². The van der Waals surface area contributed by atoms with E-state index in [4.69, 9.17) is 0 Å². The molecule has 0 radical (unpaired) electrons.